The van der Waals surface area contributed by atoms with Crippen LogP contribution in [0.4, 0.5) is 23.1 Å². The maximum Gasteiger partial charge on any atom is 0.231 e. The summed E-state index contributed by atoms with van der Waals surface area (Å²) < 4.78 is 15.9. The van der Waals surface area contributed by atoms with E-state index in [1.807, 2.05) is 37.3 Å². The molecule has 0 saturated heterocycles. The summed E-state index contributed by atoms with van der Waals surface area (Å²) in [4.78, 5) is 8.93. The number of nitrogens with zero attached hydrogens (tertiary/aromatic N) is 2. The molecule has 0 radical (unpaired) electrons. The molecule has 1 aromatic heterocycles. The lowest BCUT2D eigenvalue weighted by atomic mass is 10.2. The predicted octanol–water partition coefficient (Wildman–Crippen LogP) is 4.66. The van der Waals surface area contributed by atoms with E-state index < -0.39 is 0 Å². The number of halogens is 1. The van der Waals surface area contributed by atoms with Gasteiger partial charge in [-0.1, -0.05) is 11.6 Å². The van der Waals surface area contributed by atoms with Gasteiger partial charge in [0.2, 0.25) is 12.7 Å². The van der Waals surface area contributed by atoms with Crippen LogP contribution in [0.15, 0.2) is 42.5 Å². The Bertz CT molecular complexity index is 997. The van der Waals surface area contributed by atoms with E-state index >= 15 is 0 Å². The quantitative estimate of drug-likeness (QED) is 0.662. The largest absolute Gasteiger partial charge is 0.495 e. The van der Waals surface area contributed by atoms with Crippen LogP contribution in [0.25, 0.3) is 0 Å². The predicted molar refractivity (Wildman–Crippen MR) is 104 cm³/mol. The van der Waals surface area contributed by atoms with Gasteiger partial charge >= 0.3 is 0 Å². The van der Waals surface area contributed by atoms with Crippen molar-refractivity contribution in [3.8, 4) is 17.2 Å². The van der Waals surface area contributed by atoms with Crippen LogP contribution in [0.3, 0.4) is 0 Å². The summed E-state index contributed by atoms with van der Waals surface area (Å²) in [5, 5.41) is 6.92. The van der Waals surface area contributed by atoms with Gasteiger partial charge in [-0.15, -0.1) is 0 Å². The summed E-state index contributed by atoms with van der Waals surface area (Å²) in [7, 11) is 1.58. The van der Waals surface area contributed by atoms with Crippen molar-refractivity contribution >= 4 is 34.7 Å². The zero-order chi connectivity index (χ0) is 18.8. The minimum Gasteiger partial charge on any atom is -0.495 e. The molecule has 7 nitrogen and oxygen atoms in total. The molecule has 2 heterocycles. The molecule has 0 fully saturated rings. The van der Waals surface area contributed by atoms with E-state index in [-0.39, 0.29) is 6.79 Å². The highest BCUT2D eigenvalue weighted by Crippen LogP contribution is 2.35. The molecule has 0 saturated carbocycles. The van der Waals surface area contributed by atoms with Gasteiger partial charge in [-0.05, 0) is 37.3 Å². The van der Waals surface area contributed by atoms with E-state index in [0.717, 1.165) is 22.8 Å². The van der Waals surface area contributed by atoms with Crippen molar-refractivity contribution in [2.75, 3.05) is 24.5 Å². The van der Waals surface area contributed by atoms with Crippen molar-refractivity contribution in [1.29, 1.82) is 0 Å². The third-order valence-corrected chi connectivity index (χ3v) is 4.20. The van der Waals surface area contributed by atoms with Gasteiger partial charge in [-0.2, -0.15) is 4.98 Å². The molecule has 2 N–H and O–H groups in total. The van der Waals surface area contributed by atoms with Gasteiger partial charge in [0.25, 0.3) is 0 Å². The first-order chi connectivity index (χ1) is 13.1. The number of aryl methyl sites for hydroxylation is 1. The summed E-state index contributed by atoms with van der Waals surface area (Å²) in [5.74, 6) is 3.16. The highest BCUT2D eigenvalue weighted by molar-refractivity contribution is 6.32. The van der Waals surface area contributed by atoms with Crippen LogP contribution < -0.4 is 24.8 Å². The summed E-state index contributed by atoms with van der Waals surface area (Å²) in [6.07, 6.45) is 0. The Labute approximate surface area is 161 Å². The standard InChI is InChI=1S/C19H17ClN4O3/c1-11-7-18(22-13-4-6-16-17(9-13)27-10-26-16)24-19(21-11)23-12-3-5-15(25-2)14(20)8-12/h3-9H,10H2,1-2H3,(H2,21,22,23,24). The van der Waals surface area contributed by atoms with Gasteiger partial charge in [0, 0.05) is 29.2 Å². The molecule has 8 heteroatoms. The van der Waals surface area contributed by atoms with Crippen molar-refractivity contribution in [2.24, 2.45) is 0 Å². The maximum absolute atomic E-state index is 6.17. The van der Waals surface area contributed by atoms with Crippen molar-refractivity contribution < 1.29 is 14.2 Å². The fourth-order valence-electron chi connectivity index (χ4n) is 2.68. The third kappa shape index (κ3) is 3.83. The monoisotopic (exact) mass is 384 g/mol. The lowest BCUT2D eigenvalue weighted by Crippen LogP contribution is -2.02. The topological polar surface area (TPSA) is 77.5 Å². The van der Waals surface area contributed by atoms with E-state index in [0.29, 0.717) is 28.3 Å². The van der Waals surface area contributed by atoms with Gasteiger partial charge in [0.05, 0.1) is 12.1 Å². The van der Waals surface area contributed by atoms with Gasteiger partial charge in [-0.25, -0.2) is 4.98 Å². The Morgan fingerprint density at radius 1 is 0.963 bits per heavy atom. The van der Waals surface area contributed by atoms with Gasteiger partial charge in [-0.3, -0.25) is 0 Å². The number of aromatic nitrogens is 2. The second-order valence-corrected chi connectivity index (χ2v) is 6.29. The number of fused-ring (bicyclic) bond motifs is 1. The van der Waals surface area contributed by atoms with Gasteiger partial charge in [0.15, 0.2) is 11.5 Å². The zero-order valence-corrected chi connectivity index (χ0v) is 15.5. The van der Waals surface area contributed by atoms with E-state index in [2.05, 4.69) is 20.6 Å². The van der Waals surface area contributed by atoms with Crippen molar-refractivity contribution in [3.63, 3.8) is 0 Å². The first kappa shape index (κ1) is 17.2. The molecule has 138 valence electrons. The molecule has 0 spiro atoms. The Kier molecular flexibility index (Phi) is 4.60. The van der Waals surface area contributed by atoms with Crippen LogP contribution in [-0.2, 0) is 0 Å². The molecule has 0 aliphatic carbocycles. The number of rotatable bonds is 5. The van der Waals surface area contributed by atoms with Crippen LogP contribution in [0, 0.1) is 6.92 Å². The molecule has 0 unspecified atom stereocenters. The molecule has 0 atom stereocenters. The van der Waals surface area contributed by atoms with Crippen LogP contribution in [0.5, 0.6) is 17.2 Å². The lowest BCUT2D eigenvalue weighted by Gasteiger charge is -2.11. The highest BCUT2D eigenvalue weighted by atomic mass is 35.5. The fourth-order valence-corrected chi connectivity index (χ4v) is 2.94. The van der Waals surface area contributed by atoms with E-state index in [1.54, 1.807) is 19.2 Å². The molecule has 1 aliphatic heterocycles. The minimum absolute atomic E-state index is 0.240. The first-order valence-electron chi connectivity index (χ1n) is 8.23. The van der Waals surface area contributed by atoms with Gasteiger partial charge < -0.3 is 24.8 Å². The van der Waals surface area contributed by atoms with Crippen molar-refractivity contribution in [3.05, 3.63) is 53.2 Å². The molecule has 3 aromatic rings. The second-order valence-electron chi connectivity index (χ2n) is 5.89. The van der Waals surface area contributed by atoms with Crippen molar-refractivity contribution in [1.82, 2.24) is 9.97 Å². The zero-order valence-electron chi connectivity index (χ0n) is 14.7. The van der Waals surface area contributed by atoms with E-state index in [1.165, 1.54) is 0 Å². The summed E-state index contributed by atoms with van der Waals surface area (Å²) in [6.45, 7) is 2.14. The Morgan fingerprint density at radius 2 is 1.74 bits per heavy atom. The van der Waals surface area contributed by atoms with E-state index in [4.69, 9.17) is 25.8 Å². The molecule has 2 aromatic carbocycles. The van der Waals surface area contributed by atoms with Crippen LogP contribution in [-0.4, -0.2) is 23.9 Å². The highest BCUT2D eigenvalue weighted by Gasteiger charge is 2.13. The average molecular weight is 385 g/mol. The van der Waals surface area contributed by atoms with Crippen LogP contribution >= 0.6 is 11.6 Å². The third-order valence-electron chi connectivity index (χ3n) is 3.91. The van der Waals surface area contributed by atoms with Gasteiger partial charge in [0.1, 0.15) is 11.6 Å². The number of benzene rings is 2. The van der Waals surface area contributed by atoms with Crippen molar-refractivity contribution in [2.45, 2.75) is 6.92 Å². The number of methoxy groups -OCH3 is 1. The maximum atomic E-state index is 6.17. The number of anilines is 4. The Balaban J connectivity index is 1.55. The van der Waals surface area contributed by atoms with E-state index in [9.17, 15) is 0 Å². The molecule has 0 amide bonds. The Morgan fingerprint density at radius 3 is 2.56 bits per heavy atom. The molecule has 4 rings (SSSR count). The van der Waals surface area contributed by atoms with Crippen LogP contribution in [0.2, 0.25) is 5.02 Å². The summed E-state index contributed by atoms with van der Waals surface area (Å²) in [6, 6.07) is 12.9. The SMILES string of the molecule is COc1ccc(Nc2nc(C)cc(Nc3ccc4c(c3)OCO4)n2)cc1Cl. The van der Waals surface area contributed by atoms with Crippen LogP contribution in [0.1, 0.15) is 5.69 Å². The first-order valence-corrected chi connectivity index (χ1v) is 8.61. The Hall–Kier alpha value is -3.19. The fraction of sp³-hybridized carbons (Fsp3) is 0.158. The number of ether oxygens (including phenoxy) is 3. The molecular weight excluding hydrogens is 368 g/mol. The minimum atomic E-state index is 0.240. The molecule has 0 bridgehead atoms. The number of nitrogens with one attached hydrogen (secondary N) is 2. The number of hydrogen-bond donors (Lipinski definition) is 2. The normalized spacial score (nSPS) is 12.0. The molecule has 27 heavy (non-hydrogen) atoms. The summed E-state index contributed by atoms with van der Waals surface area (Å²) >= 11 is 6.17. The number of hydrogen-bond acceptors (Lipinski definition) is 7. The summed E-state index contributed by atoms with van der Waals surface area (Å²) in [5.41, 5.74) is 2.42. The molecule has 1 aliphatic rings. The lowest BCUT2D eigenvalue weighted by molar-refractivity contribution is 0.174. The molecular formula is C19H17ClN4O3. The smallest absolute Gasteiger partial charge is 0.231 e. The average Bonchev–Trinajstić information content (AvgIpc) is 3.09. The second kappa shape index (κ2) is 7.20.